The predicted molar refractivity (Wildman–Crippen MR) is 66.4 cm³/mol. The molecule has 0 bridgehead atoms. The Hall–Kier alpha value is -1.82. The second-order valence-corrected chi connectivity index (χ2v) is 4.10. The number of nitrogens with two attached hydrogens (primary N) is 1. The van der Waals surface area contributed by atoms with Gasteiger partial charge in [-0.2, -0.15) is 0 Å². The van der Waals surface area contributed by atoms with Gasteiger partial charge in [0.25, 0.3) is 5.91 Å². The molecule has 1 aromatic carbocycles. The highest BCUT2D eigenvalue weighted by atomic mass is 35.5. The molecular formula is C11H13ClFN3O2. The van der Waals surface area contributed by atoms with Crippen molar-refractivity contribution in [3.63, 3.8) is 0 Å². The Labute approximate surface area is 109 Å². The first-order valence-electron chi connectivity index (χ1n) is 5.12. The van der Waals surface area contributed by atoms with Gasteiger partial charge in [-0.15, -0.1) is 0 Å². The van der Waals surface area contributed by atoms with E-state index in [9.17, 15) is 9.18 Å². The van der Waals surface area contributed by atoms with Crippen molar-refractivity contribution in [1.29, 1.82) is 0 Å². The fourth-order valence-corrected chi connectivity index (χ4v) is 1.46. The topological polar surface area (TPSA) is 78.9 Å². The van der Waals surface area contributed by atoms with Gasteiger partial charge in [-0.3, -0.25) is 4.79 Å². The zero-order chi connectivity index (χ0) is 13.7. The summed E-state index contributed by atoms with van der Waals surface area (Å²) in [6, 6.07) is 3.75. The van der Waals surface area contributed by atoms with Crippen molar-refractivity contribution in [1.82, 2.24) is 4.90 Å². The van der Waals surface area contributed by atoms with Gasteiger partial charge in [0.05, 0.1) is 5.02 Å². The number of amides is 1. The molecule has 0 heterocycles. The average Bonchev–Trinajstić information content (AvgIpc) is 2.37. The molecule has 5 nitrogen and oxygen atoms in total. The van der Waals surface area contributed by atoms with E-state index in [-0.39, 0.29) is 35.3 Å². The highest BCUT2D eigenvalue weighted by Gasteiger charge is 2.13. The Bertz CT molecular complexity index is 479. The zero-order valence-electron chi connectivity index (χ0n) is 9.73. The molecule has 0 spiro atoms. The van der Waals surface area contributed by atoms with Gasteiger partial charge in [0.2, 0.25) is 0 Å². The number of oxime groups is 1. The van der Waals surface area contributed by atoms with Crippen molar-refractivity contribution >= 4 is 23.3 Å². The Balaban J connectivity index is 2.71. The van der Waals surface area contributed by atoms with Crippen LogP contribution in [0.1, 0.15) is 16.8 Å². The van der Waals surface area contributed by atoms with Gasteiger partial charge in [-0.25, -0.2) is 4.39 Å². The average molecular weight is 274 g/mol. The van der Waals surface area contributed by atoms with Crippen LogP contribution in [-0.2, 0) is 0 Å². The Morgan fingerprint density at radius 2 is 2.28 bits per heavy atom. The second-order valence-electron chi connectivity index (χ2n) is 3.70. The summed E-state index contributed by atoms with van der Waals surface area (Å²) in [6.07, 6.45) is 0.244. The summed E-state index contributed by atoms with van der Waals surface area (Å²) in [5, 5.41) is 11.1. The fraction of sp³-hybridized carbons (Fsp3) is 0.273. The van der Waals surface area contributed by atoms with Crippen LogP contribution in [0.2, 0.25) is 5.02 Å². The number of amidine groups is 1. The zero-order valence-corrected chi connectivity index (χ0v) is 10.5. The van der Waals surface area contributed by atoms with E-state index in [1.54, 1.807) is 7.05 Å². The summed E-state index contributed by atoms with van der Waals surface area (Å²) in [7, 11) is 1.56. The highest BCUT2D eigenvalue weighted by molar-refractivity contribution is 6.31. The van der Waals surface area contributed by atoms with Gasteiger partial charge in [-0.05, 0) is 18.2 Å². The third kappa shape index (κ3) is 3.59. The molecule has 7 heteroatoms. The van der Waals surface area contributed by atoms with Crippen molar-refractivity contribution in [2.75, 3.05) is 13.6 Å². The first-order valence-corrected chi connectivity index (χ1v) is 5.50. The molecule has 18 heavy (non-hydrogen) atoms. The first kappa shape index (κ1) is 14.2. The quantitative estimate of drug-likeness (QED) is 0.379. The molecule has 0 radical (unpaired) electrons. The van der Waals surface area contributed by atoms with Gasteiger partial charge in [0.15, 0.2) is 0 Å². The number of carbonyl (C=O) groups excluding carboxylic acids is 1. The molecule has 3 N–H and O–H groups in total. The van der Waals surface area contributed by atoms with Crippen LogP contribution in [0.15, 0.2) is 23.4 Å². The van der Waals surface area contributed by atoms with Gasteiger partial charge in [0.1, 0.15) is 11.7 Å². The van der Waals surface area contributed by atoms with Crippen LogP contribution in [0, 0.1) is 5.82 Å². The van der Waals surface area contributed by atoms with E-state index in [1.165, 1.54) is 17.0 Å². The number of hydrogen-bond acceptors (Lipinski definition) is 3. The molecule has 1 aromatic rings. The van der Waals surface area contributed by atoms with E-state index < -0.39 is 5.82 Å². The van der Waals surface area contributed by atoms with Gasteiger partial charge < -0.3 is 15.8 Å². The monoisotopic (exact) mass is 273 g/mol. The molecule has 0 atom stereocenters. The van der Waals surface area contributed by atoms with E-state index >= 15 is 0 Å². The van der Waals surface area contributed by atoms with Gasteiger partial charge >= 0.3 is 0 Å². The third-order valence-corrected chi connectivity index (χ3v) is 2.63. The van der Waals surface area contributed by atoms with Gasteiger partial charge in [-0.1, -0.05) is 16.8 Å². The molecule has 0 saturated carbocycles. The largest absolute Gasteiger partial charge is 0.409 e. The summed E-state index contributed by atoms with van der Waals surface area (Å²) >= 11 is 5.59. The third-order valence-electron chi connectivity index (χ3n) is 2.35. The molecule has 0 aliphatic rings. The van der Waals surface area contributed by atoms with Crippen LogP contribution in [0.4, 0.5) is 4.39 Å². The van der Waals surface area contributed by atoms with E-state index in [1.807, 2.05) is 0 Å². The molecular weight excluding hydrogens is 261 g/mol. The van der Waals surface area contributed by atoms with Crippen molar-refractivity contribution in [2.24, 2.45) is 10.9 Å². The fourth-order valence-electron chi connectivity index (χ4n) is 1.28. The van der Waals surface area contributed by atoms with E-state index in [4.69, 9.17) is 22.5 Å². The van der Waals surface area contributed by atoms with Crippen LogP contribution in [0.5, 0.6) is 0 Å². The Kier molecular flexibility index (Phi) is 4.91. The molecule has 1 rings (SSSR count). The number of halogens is 2. The number of rotatable bonds is 4. The minimum Gasteiger partial charge on any atom is -0.409 e. The van der Waals surface area contributed by atoms with Crippen LogP contribution in [0.25, 0.3) is 0 Å². The second kappa shape index (κ2) is 6.20. The van der Waals surface area contributed by atoms with Crippen LogP contribution in [-0.4, -0.2) is 35.4 Å². The smallest absolute Gasteiger partial charge is 0.253 e. The molecule has 0 aromatic heterocycles. The predicted octanol–water partition coefficient (Wildman–Crippen LogP) is 1.69. The maximum absolute atomic E-state index is 12.9. The standard InChI is InChI=1S/C11H13ClFN3O2/c1-16(5-4-10(14)15-18)11(17)7-2-3-9(13)8(12)6-7/h2-3,6,18H,4-5H2,1H3,(H2,14,15). The summed E-state index contributed by atoms with van der Waals surface area (Å²) in [6.45, 7) is 0.281. The van der Waals surface area contributed by atoms with Crippen molar-refractivity contribution in [3.05, 3.63) is 34.6 Å². The normalized spacial score (nSPS) is 11.4. The summed E-state index contributed by atoms with van der Waals surface area (Å²) in [4.78, 5) is 13.3. The van der Waals surface area contributed by atoms with Crippen molar-refractivity contribution in [3.8, 4) is 0 Å². The molecule has 1 amide bonds. The number of hydrogen-bond donors (Lipinski definition) is 2. The minimum atomic E-state index is -0.576. The lowest BCUT2D eigenvalue weighted by Crippen LogP contribution is -2.30. The van der Waals surface area contributed by atoms with Gasteiger partial charge in [0, 0.05) is 25.6 Å². The van der Waals surface area contributed by atoms with Crippen molar-refractivity contribution < 1.29 is 14.4 Å². The lowest BCUT2D eigenvalue weighted by molar-refractivity contribution is 0.0798. The van der Waals surface area contributed by atoms with Crippen LogP contribution < -0.4 is 5.73 Å². The molecule has 98 valence electrons. The summed E-state index contributed by atoms with van der Waals surface area (Å²) < 4.78 is 12.9. The molecule has 0 aliphatic carbocycles. The first-order chi connectivity index (χ1) is 8.45. The molecule has 0 aliphatic heterocycles. The Morgan fingerprint density at radius 1 is 1.61 bits per heavy atom. The number of carbonyl (C=O) groups is 1. The van der Waals surface area contributed by atoms with E-state index in [2.05, 4.69) is 5.16 Å². The minimum absolute atomic E-state index is 0.0341. The lowest BCUT2D eigenvalue weighted by atomic mass is 10.2. The van der Waals surface area contributed by atoms with E-state index in [0.29, 0.717) is 0 Å². The number of benzene rings is 1. The maximum Gasteiger partial charge on any atom is 0.253 e. The highest BCUT2D eigenvalue weighted by Crippen LogP contribution is 2.17. The summed E-state index contributed by atoms with van der Waals surface area (Å²) in [5.41, 5.74) is 5.58. The Morgan fingerprint density at radius 3 is 2.83 bits per heavy atom. The lowest BCUT2D eigenvalue weighted by Gasteiger charge is -2.16. The molecule has 0 unspecified atom stereocenters. The van der Waals surface area contributed by atoms with Crippen LogP contribution >= 0.6 is 11.6 Å². The maximum atomic E-state index is 12.9. The van der Waals surface area contributed by atoms with E-state index in [0.717, 1.165) is 6.07 Å². The van der Waals surface area contributed by atoms with Crippen molar-refractivity contribution in [2.45, 2.75) is 6.42 Å². The summed E-state index contributed by atoms with van der Waals surface area (Å²) in [5.74, 6) is -0.859. The van der Waals surface area contributed by atoms with Crippen LogP contribution in [0.3, 0.4) is 0 Å². The molecule has 0 fully saturated rings. The number of nitrogens with zero attached hydrogens (tertiary/aromatic N) is 2. The SMILES string of the molecule is CN(CC/C(N)=N/O)C(=O)c1ccc(F)c(Cl)c1. The molecule has 0 saturated heterocycles.